The van der Waals surface area contributed by atoms with Crippen LogP contribution in [0.15, 0.2) is 82.5 Å². The predicted molar refractivity (Wildman–Crippen MR) is 135 cm³/mol. The first-order valence-corrected chi connectivity index (χ1v) is 12.7. The molecule has 3 aromatic carbocycles. The quantitative estimate of drug-likeness (QED) is 0.301. The highest BCUT2D eigenvalue weighted by Crippen LogP contribution is 2.35. The molecular weight excluding hydrogens is 486 g/mol. The second kappa shape index (κ2) is 9.66. The van der Waals surface area contributed by atoms with Gasteiger partial charge in [0.2, 0.25) is 5.56 Å². The Labute approximate surface area is 207 Å². The second-order valence-corrected chi connectivity index (χ2v) is 10.2. The largest absolute Gasteiger partial charge is 0.322 e. The van der Waals surface area contributed by atoms with Crippen molar-refractivity contribution < 1.29 is 22.0 Å². The highest BCUT2D eigenvalue weighted by atomic mass is 32.2. The zero-order valence-corrected chi connectivity index (χ0v) is 20.5. The van der Waals surface area contributed by atoms with E-state index in [0.717, 1.165) is 17.2 Å². The first kappa shape index (κ1) is 25.2. The summed E-state index contributed by atoms with van der Waals surface area (Å²) >= 11 is 0. The van der Waals surface area contributed by atoms with Crippen molar-refractivity contribution in [1.82, 2.24) is 4.98 Å². The van der Waals surface area contributed by atoms with Gasteiger partial charge < -0.3 is 4.98 Å². The maximum absolute atomic E-state index is 14.5. The average molecular weight is 511 g/mol. The van der Waals surface area contributed by atoms with Gasteiger partial charge in [0, 0.05) is 40.2 Å². The molecule has 0 amide bonds. The number of benzene rings is 3. The van der Waals surface area contributed by atoms with Crippen LogP contribution in [0.5, 0.6) is 0 Å². The van der Waals surface area contributed by atoms with Crippen LogP contribution in [-0.2, 0) is 22.4 Å². The van der Waals surface area contributed by atoms with Crippen LogP contribution in [0.2, 0.25) is 0 Å². The molecule has 186 valence electrons. The number of ketones is 1. The lowest BCUT2D eigenvalue weighted by Gasteiger charge is -2.17. The Hall–Kier alpha value is -3.85. The summed E-state index contributed by atoms with van der Waals surface area (Å²) in [4.78, 5) is 26.1. The van der Waals surface area contributed by atoms with Crippen LogP contribution in [-0.4, -0.2) is 19.2 Å². The molecule has 0 aliphatic carbocycles. The number of sulfonamides is 1. The van der Waals surface area contributed by atoms with Crippen LogP contribution in [0.1, 0.15) is 47.3 Å². The molecule has 4 rings (SSSR count). The minimum atomic E-state index is -3.88. The molecule has 2 N–H and O–H groups in total. The molecule has 0 saturated heterocycles. The number of alkyl halides is 2. The van der Waals surface area contributed by atoms with E-state index >= 15 is 0 Å². The third-order valence-corrected chi connectivity index (χ3v) is 7.31. The Kier molecular flexibility index (Phi) is 6.77. The Morgan fingerprint density at radius 3 is 2.33 bits per heavy atom. The average Bonchev–Trinajstić information content (AvgIpc) is 2.84. The van der Waals surface area contributed by atoms with Gasteiger partial charge in [-0.25, -0.2) is 17.2 Å². The van der Waals surface area contributed by atoms with Gasteiger partial charge in [-0.05, 0) is 60.9 Å². The molecule has 0 aliphatic rings. The van der Waals surface area contributed by atoms with Crippen LogP contribution >= 0.6 is 0 Å². The highest BCUT2D eigenvalue weighted by molar-refractivity contribution is 7.92. The molecule has 0 spiro atoms. The fourth-order valence-corrected chi connectivity index (χ4v) is 4.99. The third-order valence-electron chi connectivity index (χ3n) is 5.91. The smallest absolute Gasteiger partial charge is 0.273 e. The Bertz CT molecular complexity index is 1610. The van der Waals surface area contributed by atoms with E-state index in [9.17, 15) is 26.8 Å². The van der Waals surface area contributed by atoms with E-state index in [1.54, 1.807) is 48.5 Å². The number of carbonyl (C=O) groups is 1. The summed E-state index contributed by atoms with van der Waals surface area (Å²) < 4.78 is 57.0. The van der Waals surface area contributed by atoms with Crippen LogP contribution in [0.3, 0.4) is 0 Å². The van der Waals surface area contributed by atoms with Crippen LogP contribution in [0.4, 0.5) is 14.5 Å². The van der Waals surface area contributed by atoms with Gasteiger partial charge in [0.15, 0.2) is 5.78 Å². The molecule has 0 atom stereocenters. The summed E-state index contributed by atoms with van der Waals surface area (Å²) in [5, 5.41) is 0.273. The number of aromatic amines is 1. The third kappa shape index (κ3) is 5.36. The number of hydrogen-bond acceptors (Lipinski definition) is 4. The summed E-state index contributed by atoms with van der Waals surface area (Å²) in [5.41, 5.74) is 1.61. The lowest BCUT2D eigenvalue weighted by Crippen LogP contribution is -2.17. The van der Waals surface area contributed by atoms with Gasteiger partial charge >= 0.3 is 0 Å². The topological polar surface area (TPSA) is 96.1 Å². The number of carbonyl (C=O) groups excluding carboxylic acids is 1. The SMILES string of the molecule is CCC(F)(F)c1cc(=O)[nH]c2ccc(Cc3ccc(S(=O)(=O)Nc4cccc(C(C)=O)c4)cc3)cc12. The summed E-state index contributed by atoms with van der Waals surface area (Å²) in [6.07, 6.45) is -0.0561. The number of H-pyrrole nitrogens is 1. The van der Waals surface area contributed by atoms with E-state index < -0.39 is 27.9 Å². The zero-order chi connectivity index (χ0) is 26.1. The van der Waals surface area contributed by atoms with Gasteiger partial charge in [-0.3, -0.25) is 14.3 Å². The highest BCUT2D eigenvalue weighted by Gasteiger charge is 2.31. The van der Waals surface area contributed by atoms with Gasteiger partial charge in [-0.15, -0.1) is 0 Å². The lowest BCUT2D eigenvalue weighted by atomic mass is 9.97. The first-order chi connectivity index (χ1) is 17.0. The lowest BCUT2D eigenvalue weighted by molar-refractivity contribution is -0.00687. The van der Waals surface area contributed by atoms with Crippen molar-refractivity contribution in [2.24, 2.45) is 0 Å². The minimum absolute atomic E-state index is 0.0421. The van der Waals surface area contributed by atoms with Crippen molar-refractivity contribution in [3.8, 4) is 0 Å². The normalized spacial score (nSPS) is 12.0. The van der Waals surface area contributed by atoms with Crippen molar-refractivity contribution in [2.75, 3.05) is 4.72 Å². The fourth-order valence-electron chi connectivity index (χ4n) is 3.94. The molecule has 0 radical (unpaired) electrons. The van der Waals surface area contributed by atoms with E-state index in [4.69, 9.17) is 0 Å². The predicted octanol–water partition coefficient (Wildman–Crippen LogP) is 5.62. The molecule has 4 aromatic rings. The van der Waals surface area contributed by atoms with Crippen molar-refractivity contribution in [2.45, 2.75) is 37.5 Å². The van der Waals surface area contributed by atoms with Gasteiger partial charge in [-0.1, -0.05) is 37.3 Å². The molecule has 1 aromatic heterocycles. The molecule has 0 aliphatic heterocycles. The number of halogens is 2. The van der Waals surface area contributed by atoms with E-state index in [1.165, 1.54) is 32.0 Å². The van der Waals surface area contributed by atoms with Crippen LogP contribution < -0.4 is 10.3 Å². The monoisotopic (exact) mass is 510 g/mol. The summed E-state index contributed by atoms with van der Waals surface area (Å²) in [6.45, 7) is 2.76. The molecule has 0 unspecified atom stereocenters. The number of anilines is 1. The van der Waals surface area contributed by atoms with Crippen molar-refractivity contribution in [1.29, 1.82) is 0 Å². The zero-order valence-electron chi connectivity index (χ0n) is 19.6. The number of Topliss-reactive ketones (excluding diaryl/α,β-unsaturated/α-hetero) is 1. The van der Waals surface area contributed by atoms with Crippen molar-refractivity contribution >= 4 is 32.4 Å². The van der Waals surface area contributed by atoms with E-state index in [2.05, 4.69) is 9.71 Å². The van der Waals surface area contributed by atoms with Crippen LogP contribution in [0.25, 0.3) is 10.9 Å². The van der Waals surface area contributed by atoms with E-state index in [0.29, 0.717) is 17.5 Å². The standard InChI is InChI=1S/C27H24F2N2O4S/c1-3-27(28,29)24-16-26(33)30-25-12-9-19(14-23(24)25)13-18-7-10-22(11-8-18)36(34,35)31-21-6-4-5-20(15-21)17(2)32/h4-12,14-16,31H,3,13H2,1-2H3,(H,30,33). The van der Waals surface area contributed by atoms with Crippen molar-refractivity contribution in [3.63, 3.8) is 0 Å². The Balaban J connectivity index is 1.58. The summed E-state index contributed by atoms with van der Waals surface area (Å²) in [7, 11) is -3.88. The molecule has 0 bridgehead atoms. The maximum atomic E-state index is 14.5. The molecule has 0 fully saturated rings. The number of aromatic nitrogens is 1. The number of nitrogens with one attached hydrogen (secondary N) is 2. The number of fused-ring (bicyclic) bond motifs is 1. The summed E-state index contributed by atoms with van der Waals surface area (Å²) in [5.74, 6) is -3.32. The van der Waals surface area contributed by atoms with Gasteiger partial charge in [0.25, 0.3) is 15.9 Å². The molecule has 9 heteroatoms. The van der Waals surface area contributed by atoms with E-state index in [-0.39, 0.29) is 27.3 Å². The molecule has 0 saturated carbocycles. The Morgan fingerprint density at radius 1 is 0.972 bits per heavy atom. The van der Waals surface area contributed by atoms with Gasteiger partial charge in [-0.2, -0.15) is 0 Å². The van der Waals surface area contributed by atoms with Gasteiger partial charge in [0.05, 0.1) is 4.90 Å². The molecule has 36 heavy (non-hydrogen) atoms. The van der Waals surface area contributed by atoms with Crippen molar-refractivity contribution in [3.05, 3.63) is 105 Å². The number of hydrogen-bond donors (Lipinski definition) is 2. The minimum Gasteiger partial charge on any atom is -0.322 e. The fraction of sp³-hybridized carbons (Fsp3) is 0.185. The van der Waals surface area contributed by atoms with Gasteiger partial charge in [0.1, 0.15) is 0 Å². The Morgan fingerprint density at radius 2 is 1.67 bits per heavy atom. The van der Waals surface area contributed by atoms with E-state index in [1.807, 2.05) is 0 Å². The first-order valence-electron chi connectivity index (χ1n) is 11.3. The maximum Gasteiger partial charge on any atom is 0.273 e. The molecule has 1 heterocycles. The molecular formula is C27H24F2N2O4S. The summed E-state index contributed by atoms with van der Waals surface area (Å²) in [6, 6.07) is 18.3. The number of pyridine rings is 1. The number of rotatable bonds is 8. The molecule has 6 nitrogen and oxygen atoms in total. The van der Waals surface area contributed by atoms with Crippen LogP contribution in [0, 0.1) is 0 Å². The second-order valence-electron chi connectivity index (χ2n) is 8.55.